The maximum Gasteiger partial charge on any atom is 0.156 e. The number of piperidine rings is 1. The molecule has 0 aliphatic carbocycles. The molecule has 1 saturated heterocycles. The largest absolute Gasteiger partial charge is 0.387 e. The summed E-state index contributed by atoms with van der Waals surface area (Å²) in [6.07, 6.45) is 4.92. The van der Waals surface area contributed by atoms with Gasteiger partial charge in [0.05, 0.1) is 5.69 Å². The third kappa shape index (κ3) is 2.78. The molecular formula is C17H19N3OS. The summed E-state index contributed by atoms with van der Waals surface area (Å²) < 4.78 is 0. The van der Waals surface area contributed by atoms with Gasteiger partial charge in [-0.2, -0.15) is 11.3 Å². The maximum absolute atomic E-state index is 5.91. The van der Waals surface area contributed by atoms with Crippen molar-refractivity contribution in [2.45, 2.75) is 31.4 Å². The van der Waals surface area contributed by atoms with Crippen LogP contribution in [0.25, 0.3) is 0 Å². The molecule has 1 unspecified atom stereocenters. The van der Waals surface area contributed by atoms with Gasteiger partial charge in [0, 0.05) is 25.7 Å². The third-order valence-electron chi connectivity index (χ3n) is 4.40. The van der Waals surface area contributed by atoms with Crippen LogP contribution in [0.1, 0.15) is 30.5 Å². The number of oxime groups is 1. The Morgan fingerprint density at radius 3 is 3.14 bits per heavy atom. The molecule has 0 bridgehead atoms. The molecule has 114 valence electrons. The fourth-order valence-electron chi connectivity index (χ4n) is 3.38. The van der Waals surface area contributed by atoms with Gasteiger partial charge >= 0.3 is 0 Å². The summed E-state index contributed by atoms with van der Waals surface area (Å²) in [5.41, 5.74) is 3.17. The van der Waals surface area contributed by atoms with E-state index >= 15 is 0 Å². The molecule has 0 N–H and O–H groups in total. The normalized spacial score (nSPS) is 25.2. The Balaban J connectivity index is 1.44. The highest BCUT2D eigenvalue weighted by molar-refractivity contribution is 7.07. The van der Waals surface area contributed by atoms with Crippen molar-refractivity contribution in [1.82, 2.24) is 9.88 Å². The van der Waals surface area contributed by atoms with Crippen LogP contribution in [0.3, 0.4) is 0 Å². The molecule has 1 fully saturated rings. The molecule has 0 radical (unpaired) electrons. The summed E-state index contributed by atoms with van der Waals surface area (Å²) in [6, 6.07) is 8.14. The van der Waals surface area contributed by atoms with E-state index in [0.717, 1.165) is 50.3 Å². The Labute approximate surface area is 134 Å². The molecule has 5 heteroatoms. The van der Waals surface area contributed by atoms with Crippen molar-refractivity contribution in [3.05, 3.63) is 52.5 Å². The summed E-state index contributed by atoms with van der Waals surface area (Å²) in [5, 5.41) is 8.71. The van der Waals surface area contributed by atoms with Crippen LogP contribution in [-0.2, 0) is 11.4 Å². The number of hydrogen-bond donors (Lipinski definition) is 0. The molecule has 22 heavy (non-hydrogen) atoms. The number of pyridine rings is 1. The van der Waals surface area contributed by atoms with Crippen molar-refractivity contribution in [2.75, 3.05) is 13.1 Å². The lowest BCUT2D eigenvalue weighted by molar-refractivity contribution is -0.0704. The lowest BCUT2D eigenvalue weighted by atomic mass is 9.87. The van der Waals surface area contributed by atoms with E-state index in [1.807, 2.05) is 24.4 Å². The van der Waals surface area contributed by atoms with Crippen LogP contribution < -0.4 is 0 Å². The van der Waals surface area contributed by atoms with Crippen molar-refractivity contribution in [2.24, 2.45) is 5.16 Å². The average molecular weight is 313 g/mol. The summed E-state index contributed by atoms with van der Waals surface area (Å²) in [7, 11) is 0. The second-order valence-electron chi connectivity index (χ2n) is 6.15. The summed E-state index contributed by atoms with van der Waals surface area (Å²) >= 11 is 1.76. The van der Waals surface area contributed by atoms with E-state index in [1.165, 1.54) is 5.56 Å². The number of rotatable bonds is 3. The molecule has 0 aromatic carbocycles. The van der Waals surface area contributed by atoms with Gasteiger partial charge in [0.25, 0.3) is 0 Å². The van der Waals surface area contributed by atoms with Gasteiger partial charge in [-0.15, -0.1) is 0 Å². The number of likely N-dealkylation sites (tertiary alicyclic amines) is 1. The molecule has 2 aromatic heterocycles. The monoisotopic (exact) mass is 313 g/mol. The van der Waals surface area contributed by atoms with Crippen molar-refractivity contribution < 1.29 is 4.84 Å². The summed E-state index contributed by atoms with van der Waals surface area (Å²) in [6.45, 7) is 3.09. The topological polar surface area (TPSA) is 37.7 Å². The molecule has 2 aliphatic rings. The van der Waals surface area contributed by atoms with Crippen molar-refractivity contribution in [3.8, 4) is 0 Å². The van der Waals surface area contributed by atoms with E-state index in [-0.39, 0.29) is 5.60 Å². The van der Waals surface area contributed by atoms with Crippen LogP contribution in [0.5, 0.6) is 0 Å². The number of hydrogen-bond acceptors (Lipinski definition) is 5. The second-order valence-corrected chi connectivity index (χ2v) is 6.93. The Kier molecular flexibility index (Phi) is 3.68. The minimum Gasteiger partial charge on any atom is -0.387 e. The minimum atomic E-state index is -0.152. The summed E-state index contributed by atoms with van der Waals surface area (Å²) in [4.78, 5) is 12.8. The lowest BCUT2D eigenvalue weighted by Gasteiger charge is -2.38. The Hall–Kier alpha value is -1.72. The van der Waals surface area contributed by atoms with Gasteiger partial charge in [0.1, 0.15) is 5.71 Å². The molecule has 2 aromatic rings. The molecule has 1 spiro atoms. The predicted molar refractivity (Wildman–Crippen MR) is 88.0 cm³/mol. The van der Waals surface area contributed by atoms with E-state index in [4.69, 9.17) is 4.84 Å². The molecule has 0 saturated carbocycles. The lowest BCUT2D eigenvalue weighted by Crippen LogP contribution is -2.47. The maximum atomic E-state index is 5.91. The first-order valence-electron chi connectivity index (χ1n) is 7.73. The predicted octanol–water partition coefficient (Wildman–Crippen LogP) is 3.30. The summed E-state index contributed by atoms with van der Waals surface area (Å²) in [5.74, 6) is 0. The quantitative estimate of drug-likeness (QED) is 0.872. The van der Waals surface area contributed by atoms with Crippen LogP contribution in [0, 0.1) is 0 Å². The van der Waals surface area contributed by atoms with Gasteiger partial charge in [-0.25, -0.2) is 0 Å². The number of thiophene rings is 1. The zero-order chi connectivity index (χ0) is 14.8. The first-order valence-corrected chi connectivity index (χ1v) is 8.67. The van der Waals surface area contributed by atoms with Crippen LogP contribution >= 0.6 is 11.3 Å². The second kappa shape index (κ2) is 5.82. The first-order chi connectivity index (χ1) is 10.8. The molecular weight excluding hydrogens is 294 g/mol. The van der Waals surface area contributed by atoms with E-state index in [0.29, 0.717) is 0 Å². The van der Waals surface area contributed by atoms with Crippen molar-refractivity contribution in [1.29, 1.82) is 0 Å². The first kappa shape index (κ1) is 13.9. The van der Waals surface area contributed by atoms with Crippen LogP contribution in [-0.4, -0.2) is 34.3 Å². The molecule has 4 heterocycles. The highest BCUT2D eigenvalue weighted by Gasteiger charge is 2.43. The molecule has 4 nitrogen and oxygen atoms in total. The van der Waals surface area contributed by atoms with E-state index in [1.54, 1.807) is 11.3 Å². The van der Waals surface area contributed by atoms with Gasteiger partial charge < -0.3 is 4.84 Å². The van der Waals surface area contributed by atoms with Crippen LogP contribution in [0.2, 0.25) is 0 Å². The van der Waals surface area contributed by atoms with Crippen LogP contribution in [0.15, 0.2) is 46.4 Å². The molecule has 4 rings (SSSR count). The Bertz CT molecular complexity index is 656. The average Bonchev–Trinajstić information content (AvgIpc) is 3.19. The van der Waals surface area contributed by atoms with Gasteiger partial charge in [0.15, 0.2) is 5.60 Å². The minimum absolute atomic E-state index is 0.152. The van der Waals surface area contributed by atoms with Gasteiger partial charge in [0.2, 0.25) is 0 Å². The smallest absolute Gasteiger partial charge is 0.156 e. The standard InChI is InChI=1S/C17H19N3OS/c1-2-7-18-15(4-1)16-10-17(21-19-16)6-3-8-20(13-17)11-14-5-9-22-12-14/h1-2,4-5,7,9,12H,3,6,8,10-11,13H2. The Morgan fingerprint density at radius 2 is 2.32 bits per heavy atom. The van der Waals surface area contributed by atoms with Gasteiger partial charge in [-0.1, -0.05) is 11.2 Å². The number of nitrogens with zero attached hydrogens (tertiary/aromatic N) is 3. The molecule has 2 aliphatic heterocycles. The fourth-order valence-corrected chi connectivity index (χ4v) is 4.04. The zero-order valence-corrected chi connectivity index (χ0v) is 13.3. The SMILES string of the molecule is c1ccc(C2=NOC3(CCCN(Cc4ccsc4)C3)C2)nc1. The highest BCUT2D eigenvalue weighted by atomic mass is 32.1. The molecule has 1 atom stereocenters. The van der Waals surface area contributed by atoms with E-state index < -0.39 is 0 Å². The van der Waals surface area contributed by atoms with Gasteiger partial charge in [-0.05, 0) is 53.9 Å². The molecule has 0 amide bonds. The Morgan fingerprint density at radius 1 is 1.32 bits per heavy atom. The number of aromatic nitrogens is 1. The fraction of sp³-hybridized carbons (Fsp3) is 0.412. The van der Waals surface area contributed by atoms with E-state index in [9.17, 15) is 0 Å². The van der Waals surface area contributed by atoms with Crippen LogP contribution in [0.4, 0.5) is 0 Å². The van der Waals surface area contributed by atoms with Crippen molar-refractivity contribution >= 4 is 17.0 Å². The third-order valence-corrected chi connectivity index (χ3v) is 5.14. The van der Waals surface area contributed by atoms with E-state index in [2.05, 4.69) is 31.9 Å². The highest BCUT2D eigenvalue weighted by Crippen LogP contribution is 2.35. The van der Waals surface area contributed by atoms with Gasteiger partial charge in [-0.3, -0.25) is 9.88 Å². The zero-order valence-electron chi connectivity index (χ0n) is 12.4. The van der Waals surface area contributed by atoms with Crippen molar-refractivity contribution in [3.63, 3.8) is 0 Å².